The minimum absolute atomic E-state index is 0.198. The molecule has 2 rings (SSSR count). The lowest BCUT2D eigenvalue weighted by Gasteiger charge is -2.39. The number of carbonyl (C=O) groups excluding carboxylic acids is 1. The summed E-state index contributed by atoms with van der Waals surface area (Å²) in [5.41, 5.74) is 0. The third-order valence-electron chi connectivity index (χ3n) is 6.05. The van der Waals surface area contributed by atoms with Gasteiger partial charge in [0.15, 0.2) is 0 Å². The van der Waals surface area contributed by atoms with E-state index in [9.17, 15) is 26.4 Å². The number of rotatable bonds is 10. The third-order valence-corrected chi connectivity index (χ3v) is 8.63. The van der Waals surface area contributed by atoms with Crippen molar-refractivity contribution in [2.45, 2.75) is 81.6 Å². The second-order valence-corrected chi connectivity index (χ2v) is 10.3. The second-order valence-electron chi connectivity index (χ2n) is 8.06. The van der Waals surface area contributed by atoms with Crippen LogP contribution in [0.5, 0.6) is 0 Å². The Balaban J connectivity index is 1.67. The lowest BCUT2D eigenvalue weighted by molar-refractivity contribution is -0.135. The Morgan fingerprint density at radius 2 is 1.57 bits per heavy atom. The third kappa shape index (κ3) is 6.42. The quantitative estimate of drug-likeness (QED) is 0.389. The maximum atomic E-state index is 13.0. The zero-order chi connectivity index (χ0) is 20.7. The first-order valence-electron chi connectivity index (χ1n) is 10.3. The molecule has 2 aliphatic heterocycles. The largest absolute Gasteiger partial charge is 0.389 e. The van der Waals surface area contributed by atoms with Gasteiger partial charge in [0.05, 0.1) is 0 Å². The fourth-order valence-corrected chi connectivity index (χ4v) is 6.15. The summed E-state index contributed by atoms with van der Waals surface area (Å²) < 4.78 is 67.6. The van der Waals surface area contributed by atoms with Crippen LogP contribution in [-0.2, 0) is 19.6 Å². The number of nitrogens with zero attached hydrogens (tertiary/aromatic N) is 1. The van der Waals surface area contributed by atoms with Gasteiger partial charge in [0.1, 0.15) is 11.0 Å². The van der Waals surface area contributed by atoms with Gasteiger partial charge in [-0.25, -0.2) is 12.7 Å². The van der Waals surface area contributed by atoms with E-state index in [1.165, 1.54) is 4.31 Å². The summed E-state index contributed by atoms with van der Waals surface area (Å²) in [6.07, 6.45) is 2.32. The molecule has 0 unspecified atom stereocenters. The Hall–Kier alpha value is -0.670. The van der Waals surface area contributed by atoms with Gasteiger partial charge >= 0.3 is 6.18 Å². The molecule has 0 aliphatic carbocycles. The van der Waals surface area contributed by atoms with Gasteiger partial charge in [-0.05, 0) is 38.0 Å². The number of carbonyl (C=O) groups is 1. The minimum atomic E-state index is -4.05. The topological polar surface area (TPSA) is 63.7 Å². The van der Waals surface area contributed by atoms with Crippen molar-refractivity contribution in [2.24, 2.45) is 5.92 Å². The van der Waals surface area contributed by atoms with Crippen LogP contribution in [0.15, 0.2) is 0 Å². The smallest absolute Gasteiger partial charge is 0.381 e. The number of piperidine rings is 1. The molecule has 164 valence electrons. The summed E-state index contributed by atoms with van der Waals surface area (Å²) in [6.45, 7) is 1.46. The molecule has 0 aromatic carbocycles. The summed E-state index contributed by atoms with van der Waals surface area (Å²) in [5.74, 6) is 0.448. The van der Waals surface area contributed by atoms with Crippen LogP contribution in [0.1, 0.15) is 70.6 Å². The van der Waals surface area contributed by atoms with Crippen molar-refractivity contribution in [1.29, 1.82) is 0 Å². The normalized spacial score (nSPS) is 22.2. The molecule has 2 saturated heterocycles. The van der Waals surface area contributed by atoms with Gasteiger partial charge in [0, 0.05) is 32.7 Å². The van der Waals surface area contributed by atoms with Crippen LogP contribution in [0.2, 0.25) is 0 Å². The van der Waals surface area contributed by atoms with E-state index in [0.717, 1.165) is 38.5 Å². The fourth-order valence-electron chi connectivity index (χ4n) is 4.14. The molecule has 0 atom stereocenters. The predicted molar refractivity (Wildman–Crippen MR) is 100 cm³/mol. The van der Waals surface area contributed by atoms with E-state index in [1.807, 2.05) is 0 Å². The van der Waals surface area contributed by atoms with Gasteiger partial charge in [-0.3, -0.25) is 0 Å². The average Bonchev–Trinajstić information content (AvgIpc) is 2.67. The molecule has 2 fully saturated rings. The fraction of sp³-hybridized carbons (Fsp3) is 0.947. The van der Waals surface area contributed by atoms with Gasteiger partial charge in [-0.2, -0.15) is 13.2 Å². The van der Waals surface area contributed by atoms with Crippen molar-refractivity contribution < 1.29 is 31.1 Å². The Morgan fingerprint density at radius 1 is 1.00 bits per heavy atom. The standard InChI is InChI=1S/C19H32F3NO4S/c20-19(21,22)9-5-3-1-2-4-6-17-7-12-23(13-8-17)28(25,26)18(16-24)10-14-27-15-11-18/h16-17H,1-15H2. The summed E-state index contributed by atoms with van der Waals surface area (Å²) >= 11 is 0. The highest BCUT2D eigenvalue weighted by atomic mass is 32.2. The molecule has 0 amide bonds. The molecule has 28 heavy (non-hydrogen) atoms. The average molecular weight is 428 g/mol. The van der Waals surface area contributed by atoms with Crippen LogP contribution in [0.25, 0.3) is 0 Å². The number of alkyl halides is 3. The molecule has 0 saturated carbocycles. The number of ether oxygens (including phenoxy) is 1. The molecule has 2 aliphatic rings. The first-order chi connectivity index (χ1) is 13.2. The van der Waals surface area contributed by atoms with E-state index in [-0.39, 0.29) is 32.5 Å². The van der Waals surface area contributed by atoms with Gasteiger partial charge < -0.3 is 9.53 Å². The molecular weight excluding hydrogens is 395 g/mol. The number of hydrogen-bond donors (Lipinski definition) is 0. The molecule has 0 radical (unpaired) electrons. The number of sulfonamides is 1. The molecule has 0 aromatic heterocycles. The Kier molecular flexibility index (Phi) is 8.76. The lowest BCUT2D eigenvalue weighted by atomic mass is 9.92. The summed E-state index contributed by atoms with van der Waals surface area (Å²) in [4.78, 5) is 11.6. The van der Waals surface area contributed by atoms with E-state index >= 15 is 0 Å². The zero-order valence-electron chi connectivity index (χ0n) is 16.4. The second kappa shape index (κ2) is 10.4. The molecule has 0 bridgehead atoms. The van der Waals surface area contributed by atoms with Crippen molar-refractivity contribution in [3.63, 3.8) is 0 Å². The van der Waals surface area contributed by atoms with E-state index in [0.29, 0.717) is 31.7 Å². The van der Waals surface area contributed by atoms with E-state index in [1.54, 1.807) is 0 Å². The minimum Gasteiger partial charge on any atom is -0.381 e. The van der Waals surface area contributed by atoms with Crippen LogP contribution in [0.4, 0.5) is 13.2 Å². The Bertz CT molecular complexity index is 580. The maximum absolute atomic E-state index is 13.0. The zero-order valence-corrected chi connectivity index (χ0v) is 17.2. The van der Waals surface area contributed by atoms with Crippen LogP contribution in [0.3, 0.4) is 0 Å². The van der Waals surface area contributed by atoms with Gasteiger partial charge in [-0.1, -0.05) is 32.1 Å². The van der Waals surface area contributed by atoms with Crippen molar-refractivity contribution in [2.75, 3.05) is 26.3 Å². The first kappa shape index (κ1) is 23.6. The highest BCUT2D eigenvalue weighted by molar-refractivity contribution is 7.91. The molecule has 0 aromatic rings. The van der Waals surface area contributed by atoms with Crippen molar-refractivity contribution in [1.82, 2.24) is 4.31 Å². The molecule has 2 heterocycles. The number of unbranched alkanes of at least 4 members (excludes halogenated alkanes) is 4. The monoisotopic (exact) mass is 427 g/mol. The lowest BCUT2D eigenvalue weighted by Crippen LogP contribution is -2.54. The molecule has 9 heteroatoms. The van der Waals surface area contributed by atoms with Crippen LogP contribution in [-0.4, -0.2) is 56.2 Å². The van der Waals surface area contributed by atoms with Gasteiger partial charge in [0.25, 0.3) is 0 Å². The number of aldehydes is 1. The number of hydrogen-bond acceptors (Lipinski definition) is 4. The van der Waals surface area contributed by atoms with Crippen LogP contribution in [0, 0.1) is 5.92 Å². The van der Waals surface area contributed by atoms with Crippen molar-refractivity contribution in [3.8, 4) is 0 Å². The first-order valence-corrected chi connectivity index (χ1v) is 11.7. The van der Waals surface area contributed by atoms with E-state index in [4.69, 9.17) is 4.74 Å². The maximum Gasteiger partial charge on any atom is 0.389 e. The predicted octanol–water partition coefficient (Wildman–Crippen LogP) is 4.07. The SMILES string of the molecule is O=CC1(S(=O)(=O)N2CCC(CCCCCCCC(F)(F)F)CC2)CCOCC1. The molecular formula is C19H32F3NO4S. The van der Waals surface area contributed by atoms with Crippen LogP contribution < -0.4 is 0 Å². The Morgan fingerprint density at radius 3 is 2.14 bits per heavy atom. The molecule has 5 nitrogen and oxygen atoms in total. The molecule has 0 spiro atoms. The summed E-state index contributed by atoms with van der Waals surface area (Å²) in [5, 5.41) is 0. The highest BCUT2D eigenvalue weighted by Crippen LogP contribution is 2.34. The van der Waals surface area contributed by atoms with Crippen molar-refractivity contribution >= 4 is 16.3 Å². The van der Waals surface area contributed by atoms with Gasteiger partial charge in [0.2, 0.25) is 10.0 Å². The van der Waals surface area contributed by atoms with E-state index < -0.39 is 27.4 Å². The summed E-state index contributed by atoms with van der Waals surface area (Å²) in [6, 6.07) is 0. The molecule has 0 N–H and O–H groups in total. The van der Waals surface area contributed by atoms with Gasteiger partial charge in [-0.15, -0.1) is 0 Å². The van der Waals surface area contributed by atoms with Crippen LogP contribution >= 0.6 is 0 Å². The van der Waals surface area contributed by atoms with E-state index in [2.05, 4.69) is 0 Å². The Labute approximate surface area is 166 Å². The number of halogens is 3. The summed E-state index contributed by atoms with van der Waals surface area (Å²) in [7, 11) is -3.67. The highest BCUT2D eigenvalue weighted by Gasteiger charge is 2.48. The van der Waals surface area contributed by atoms with Crippen molar-refractivity contribution in [3.05, 3.63) is 0 Å².